The maximum absolute atomic E-state index is 12.9. The Labute approximate surface area is 129 Å². The molecule has 116 valence electrons. The molecule has 0 saturated heterocycles. The van der Waals surface area contributed by atoms with Crippen LogP contribution in [0.5, 0.6) is 0 Å². The van der Waals surface area contributed by atoms with Crippen LogP contribution in [0.3, 0.4) is 0 Å². The average Bonchev–Trinajstić information content (AvgIpc) is 2.76. The van der Waals surface area contributed by atoms with Gasteiger partial charge in [0.2, 0.25) is 0 Å². The molecule has 0 spiro atoms. The van der Waals surface area contributed by atoms with Crippen molar-refractivity contribution in [1.82, 2.24) is 0 Å². The first kappa shape index (κ1) is 14.0. The lowest BCUT2D eigenvalue weighted by Crippen LogP contribution is -2.52. The van der Waals surface area contributed by atoms with Crippen molar-refractivity contribution in [2.45, 2.75) is 72.1 Å². The fourth-order valence-electron chi connectivity index (χ4n) is 6.70. The molecule has 3 fully saturated rings. The van der Waals surface area contributed by atoms with E-state index in [1.807, 2.05) is 0 Å². The molecular weight excluding hydrogens is 256 g/mol. The van der Waals surface area contributed by atoms with Crippen LogP contribution in [0.15, 0.2) is 11.6 Å². The van der Waals surface area contributed by atoms with E-state index in [0.29, 0.717) is 34.4 Å². The number of carbonyl (C=O) groups excluding carboxylic acids is 1. The van der Waals surface area contributed by atoms with Gasteiger partial charge < -0.3 is 0 Å². The smallest absolute Gasteiger partial charge is 0.159 e. The van der Waals surface area contributed by atoms with Crippen LogP contribution < -0.4 is 0 Å². The fourth-order valence-corrected chi connectivity index (χ4v) is 6.70. The van der Waals surface area contributed by atoms with Crippen molar-refractivity contribution in [1.29, 1.82) is 0 Å². The third-order valence-corrected chi connectivity index (χ3v) is 8.33. The molecule has 4 aliphatic carbocycles. The van der Waals surface area contributed by atoms with E-state index in [9.17, 15) is 4.79 Å². The van der Waals surface area contributed by atoms with Gasteiger partial charge in [-0.2, -0.15) is 0 Å². The van der Waals surface area contributed by atoms with Gasteiger partial charge in [0.1, 0.15) is 0 Å². The van der Waals surface area contributed by atoms with E-state index in [-0.39, 0.29) is 0 Å². The second kappa shape index (κ2) is 4.46. The summed E-state index contributed by atoms with van der Waals surface area (Å²) in [5.74, 6) is 2.96. The molecule has 0 aliphatic heterocycles. The average molecular weight is 286 g/mol. The van der Waals surface area contributed by atoms with Crippen LogP contribution in [0, 0.1) is 34.5 Å². The monoisotopic (exact) mass is 286 g/mol. The minimum Gasteiger partial charge on any atom is -0.295 e. The molecule has 0 aromatic heterocycles. The molecule has 0 amide bonds. The second-order valence-electron chi connectivity index (χ2n) is 8.96. The highest BCUT2D eigenvalue weighted by atomic mass is 16.1. The molecule has 0 unspecified atom stereocenters. The lowest BCUT2D eigenvalue weighted by atomic mass is 9.47. The van der Waals surface area contributed by atoms with Gasteiger partial charge in [0, 0.05) is 5.92 Å². The summed E-state index contributed by atoms with van der Waals surface area (Å²) in [7, 11) is 0. The third kappa shape index (κ3) is 1.72. The van der Waals surface area contributed by atoms with Gasteiger partial charge in [-0.1, -0.05) is 32.8 Å². The van der Waals surface area contributed by atoms with Crippen LogP contribution >= 0.6 is 0 Å². The number of fused-ring (bicyclic) bond motifs is 5. The predicted molar refractivity (Wildman–Crippen MR) is 85.9 cm³/mol. The van der Waals surface area contributed by atoms with Crippen LogP contribution in [-0.2, 0) is 4.79 Å². The van der Waals surface area contributed by atoms with Gasteiger partial charge in [-0.25, -0.2) is 0 Å². The molecule has 0 bridgehead atoms. The number of carbonyl (C=O) groups is 1. The van der Waals surface area contributed by atoms with Crippen molar-refractivity contribution in [3.8, 4) is 0 Å². The summed E-state index contributed by atoms with van der Waals surface area (Å²) in [6.07, 6.45) is 12.6. The summed E-state index contributed by atoms with van der Waals surface area (Å²) < 4.78 is 0. The number of rotatable bonds is 0. The Kier molecular flexibility index (Phi) is 2.98. The normalized spacial score (nSPS) is 52.7. The van der Waals surface area contributed by atoms with Crippen molar-refractivity contribution in [3.05, 3.63) is 11.6 Å². The molecule has 1 nitrogen and oxygen atoms in total. The Balaban J connectivity index is 1.76. The van der Waals surface area contributed by atoms with E-state index >= 15 is 0 Å². The first-order chi connectivity index (χ1) is 9.97. The van der Waals surface area contributed by atoms with Gasteiger partial charge in [-0.3, -0.25) is 4.79 Å². The topological polar surface area (TPSA) is 17.1 Å². The van der Waals surface area contributed by atoms with Crippen molar-refractivity contribution < 1.29 is 4.79 Å². The summed E-state index contributed by atoms with van der Waals surface area (Å²) in [5.41, 5.74) is 2.30. The molecule has 4 aliphatic rings. The highest BCUT2D eigenvalue weighted by molar-refractivity contribution is 5.94. The zero-order chi connectivity index (χ0) is 14.8. The van der Waals surface area contributed by atoms with Gasteiger partial charge in [0.15, 0.2) is 5.78 Å². The second-order valence-corrected chi connectivity index (χ2v) is 8.96. The van der Waals surface area contributed by atoms with Gasteiger partial charge in [0.05, 0.1) is 0 Å². The van der Waals surface area contributed by atoms with Crippen LogP contribution in [0.25, 0.3) is 0 Å². The van der Waals surface area contributed by atoms with E-state index in [1.54, 1.807) is 0 Å². The predicted octanol–water partition coefficient (Wildman–Crippen LogP) is 5.15. The Morgan fingerprint density at radius 3 is 2.67 bits per heavy atom. The molecule has 0 aromatic carbocycles. The maximum atomic E-state index is 12.9. The largest absolute Gasteiger partial charge is 0.295 e. The fraction of sp³-hybridized carbons (Fsp3) is 0.850. The number of allylic oxidation sites excluding steroid dienone is 2. The van der Waals surface area contributed by atoms with E-state index < -0.39 is 0 Å². The summed E-state index contributed by atoms with van der Waals surface area (Å²) >= 11 is 0. The standard InChI is InChI=1S/C20H30O/c1-13-7-8-15-18-16(9-11-19(13,15)2)20(3)10-5-4-6-14(20)12-17(18)21/h12-13,15-16,18H,4-11H2,1-3H3/t13-,15-,16-,18-,19+,20-/m0/s1. The molecule has 0 N–H and O–H groups in total. The van der Waals surface area contributed by atoms with Gasteiger partial charge in [-0.05, 0) is 79.6 Å². The van der Waals surface area contributed by atoms with Crippen molar-refractivity contribution in [3.63, 3.8) is 0 Å². The molecule has 0 aromatic rings. The third-order valence-electron chi connectivity index (χ3n) is 8.33. The van der Waals surface area contributed by atoms with Crippen molar-refractivity contribution >= 4 is 5.78 Å². The Bertz CT molecular complexity index is 504. The van der Waals surface area contributed by atoms with Gasteiger partial charge in [-0.15, -0.1) is 0 Å². The summed E-state index contributed by atoms with van der Waals surface area (Å²) in [6, 6.07) is 0. The lowest BCUT2D eigenvalue weighted by Gasteiger charge is -2.56. The van der Waals surface area contributed by atoms with Crippen molar-refractivity contribution in [2.75, 3.05) is 0 Å². The zero-order valence-electron chi connectivity index (χ0n) is 14.0. The summed E-state index contributed by atoms with van der Waals surface area (Å²) in [6.45, 7) is 7.40. The number of hydrogen-bond acceptors (Lipinski definition) is 1. The number of ketones is 1. The summed E-state index contributed by atoms with van der Waals surface area (Å²) in [4.78, 5) is 12.9. The van der Waals surface area contributed by atoms with Crippen LogP contribution in [0.1, 0.15) is 72.1 Å². The minimum atomic E-state index is 0.348. The number of hydrogen-bond donors (Lipinski definition) is 0. The zero-order valence-corrected chi connectivity index (χ0v) is 14.0. The molecule has 0 radical (unpaired) electrons. The molecule has 4 rings (SSSR count). The first-order valence-electron chi connectivity index (χ1n) is 9.22. The van der Waals surface area contributed by atoms with E-state index in [1.165, 1.54) is 56.9 Å². The Morgan fingerprint density at radius 2 is 1.86 bits per heavy atom. The Morgan fingerprint density at radius 1 is 1.05 bits per heavy atom. The summed E-state index contributed by atoms with van der Waals surface area (Å²) in [5, 5.41) is 0. The highest BCUT2D eigenvalue weighted by Gasteiger charge is 2.59. The van der Waals surface area contributed by atoms with Crippen LogP contribution in [0.2, 0.25) is 0 Å². The first-order valence-corrected chi connectivity index (χ1v) is 9.22. The van der Waals surface area contributed by atoms with E-state index in [2.05, 4.69) is 26.8 Å². The van der Waals surface area contributed by atoms with Gasteiger partial charge >= 0.3 is 0 Å². The van der Waals surface area contributed by atoms with Gasteiger partial charge in [0.25, 0.3) is 0 Å². The molecule has 3 saturated carbocycles. The molecule has 21 heavy (non-hydrogen) atoms. The quantitative estimate of drug-likeness (QED) is 0.601. The van der Waals surface area contributed by atoms with E-state index in [4.69, 9.17) is 0 Å². The molecule has 6 atom stereocenters. The molecular formula is C20H30O. The van der Waals surface area contributed by atoms with Crippen molar-refractivity contribution in [2.24, 2.45) is 34.5 Å². The molecule has 1 heteroatoms. The van der Waals surface area contributed by atoms with Crippen LogP contribution in [0.4, 0.5) is 0 Å². The minimum absolute atomic E-state index is 0.348. The maximum Gasteiger partial charge on any atom is 0.159 e. The van der Waals surface area contributed by atoms with E-state index in [0.717, 1.165) is 5.92 Å². The SMILES string of the molecule is C[C@H]1CC[C@H]2[C@@H]3C(=O)C=C4CCCC[C@]4(C)[C@H]3CC[C@]12C. The lowest BCUT2D eigenvalue weighted by molar-refractivity contribution is -0.133. The molecule has 0 heterocycles. The highest BCUT2D eigenvalue weighted by Crippen LogP contribution is 2.65. The Hall–Kier alpha value is -0.590. The van der Waals surface area contributed by atoms with Crippen LogP contribution in [-0.4, -0.2) is 5.78 Å².